The molecule has 12 heteroatoms. The number of nitrogens with one attached hydrogen (secondary N) is 1. The van der Waals surface area contributed by atoms with E-state index in [9.17, 15) is 22.8 Å². The Hall–Kier alpha value is -3.77. The largest absolute Gasteiger partial charge is 0.360 e. The summed E-state index contributed by atoms with van der Waals surface area (Å²) >= 11 is 0. The molecule has 2 saturated heterocycles. The molecule has 2 fully saturated rings. The quantitative estimate of drug-likeness (QED) is 0.502. The van der Waals surface area contributed by atoms with Gasteiger partial charge in [0.25, 0.3) is 5.91 Å². The normalized spacial score (nSPS) is 21.1. The smallest absolute Gasteiger partial charge is 0.325 e. The number of hydrogen-bond donors (Lipinski definition) is 1. The number of benzene rings is 2. The molecule has 194 valence electrons. The summed E-state index contributed by atoms with van der Waals surface area (Å²) in [6.45, 7) is 4.72. The van der Waals surface area contributed by atoms with Crippen molar-refractivity contribution >= 4 is 38.6 Å². The van der Waals surface area contributed by atoms with E-state index >= 15 is 0 Å². The first-order chi connectivity index (χ1) is 17.5. The van der Waals surface area contributed by atoms with Crippen molar-refractivity contribution in [1.82, 2.24) is 24.6 Å². The Kier molecular flexibility index (Phi) is 6.03. The third kappa shape index (κ3) is 4.05. The van der Waals surface area contributed by atoms with E-state index in [-0.39, 0.29) is 42.5 Å². The van der Waals surface area contributed by atoms with Crippen molar-refractivity contribution in [3.05, 3.63) is 59.5 Å². The van der Waals surface area contributed by atoms with E-state index in [0.29, 0.717) is 5.56 Å². The molecule has 3 aromatic rings. The minimum Gasteiger partial charge on any atom is -0.360 e. The molecular formula is C25H27N5O6S. The van der Waals surface area contributed by atoms with Gasteiger partial charge in [0.1, 0.15) is 22.7 Å². The second-order valence-corrected chi connectivity index (χ2v) is 11.3. The number of urea groups is 1. The van der Waals surface area contributed by atoms with Crippen LogP contribution in [0.1, 0.15) is 23.9 Å². The van der Waals surface area contributed by atoms with E-state index < -0.39 is 40.0 Å². The van der Waals surface area contributed by atoms with Gasteiger partial charge < -0.3 is 14.7 Å². The molecule has 11 nitrogen and oxygen atoms in total. The first-order valence-corrected chi connectivity index (χ1v) is 13.3. The summed E-state index contributed by atoms with van der Waals surface area (Å²) in [5.74, 6) is -0.731. The van der Waals surface area contributed by atoms with E-state index in [0.717, 1.165) is 15.7 Å². The van der Waals surface area contributed by atoms with Gasteiger partial charge in [0.05, 0.1) is 0 Å². The first kappa shape index (κ1) is 24.9. The highest BCUT2D eigenvalue weighted by Gasteiger charge is 2.50. The Morgan fingerprint density at radius 2 is 1.73 bits per heavy atom. The van der Waals surface area contributed by atoms with Crippen molar-refractivity contribution in [3.8, 4) is 0 Å². The van der Waals surface area contributed by atoms with E-state index in [1.807, 2.05) is 36.4 Å². The lowest BCUT2D eigenvalue weighted by atomic mass is 9.88. The number of nitrogens with zero attached hydrogens (tertiary/aromatic N) is 4. The average Bonchev–Trinajstić information content (AvgIpc) is 3.34. The number of carbonyl (C=O) groups excluding carboxylic acids is 3. The van der Waals surface area contributed by atoms with Crippen LogP contribution >= 0.6 is 0 Å². The molecule has 5 rings (SSSR count). The summed E-state index contributed by atoms with van der Waals surface area (Å²) in [7, 11) is -3.82. The number of amides is 4. The third-order valence-corrected chi connectivity index (χ3v) is 9.20. The van der Waals surface area contributed by atoms with Crippen LogP contribution in [-0.2, 0) is 25.2 Å². The second-order valence-electron chi connectivity index (χ2n) is 9.41. The minimum atomic E-state index is -3.82. The molecule has 1 aromatic heterocycles. The lowest BCUT2D eigenvalue weighted by molar-refractivity contribution is -0.139. The zero-order chi connectivity index (χ0) is 26.5. The topological polar surface area (TPSA) is 133 Å². The van der Waals surface area contributed by atoms with Gasteiger partial charge in [-0.3, -0.25) is 14.5 Å². The van der Waals surface area contributed by atoms with E-state index in [1.54, 1.807) is 19.9 Å². The number of hydrogen-bond acceptors (Lipinski definition) is 7. The summed E-state index contributed by atoms with van der Waals surface area (Å²) in [5.41, 5.74) is -0.389. The molecule has 37 heavy (non-hydrogen) atoms. The fourth-order valence-electron chi connectivity index (χ4n) is 5.07. The van der Waals surface area contributed by atoms with Crippen LogP contribution in [0.4, 0.5) is 4.79 Å². The predicted molar refractivity (Wildman–Crippen MR) is 133 cm³/mol. The lowest BCUT2D eigenvalue weighted by Gasteiger charge is -2.34. The Morgan fingerprint density at radius 1 is 1.05 bits per heavy atom. The monoisotopic (exact) mass is 525 g/mol. The van der Waals surface area contributed by atoms with E-state index in [2.05, 4.69) is 10.5 Å². The summed E-state index contributed by atoms with van der Waals surface area (Å²) in [4.78, 5) is 41.8. The van der Waals surface area contributed by atoms with Gasteiger partial charge in [-0.05, 0) is 37.1 Å². The molecule has 4 amide bonds. The van der Waals surface area contributed by atoms with Crippen LogP contribution in [0.5, 0.6) is 0 Å². The number of aryl methyl sites for hydroxylation is 2. The highest BCUT2D eigenvalue weighted by molar-refractivity contribution is 7.89. The van der Waals surface area contributed by atoms with Crippen LogP contribution in [0.15, 0.2) is 51.9 Å². The Morgan fingerprint density at radius 3 is 2.41 bits per heavy atom. The molecule has 0 bridgehead atoms. The first-order valence-electron chi connectivity index (χ1n) is 11.9. The zero-order valence-electron chi connectivity index (χ0n) is 20.7. The predicted octanol–water partition coefficient (Wildman–Crippen LogP) is 1.74. The minimum absolute atomic E-state index is 0.0410. The maximum atomic E-state index is 13.4. The number of rotatable bonds is 5. The number of piperazine rings is 1. The number of imide groups is 1. The van der Waals surface area contributed by atoms with Crippen LogP contribution in [0.2, 0.25) is 0 Å². The van der Waals surface area contributed by atoms with E-state index in [4.69, 9.17) is 4.52 Å². The third-order valence-electron chi connectivity index (χ3n) is 7.05. The van der Waals surface area contributed by atoms with Gasteiger partial charge in [-0.1, -0.05) is 47.6 Å². The number of sulfonamides is 1. The summed E-state index contributed by atoms with van der Waals surface area (Å²) < 4.78 is 32.4. The van der Waals surface area contributed by atoms with Crippen LogP contribution in [-0.4, -0.2) is 78.2 Å². The molecular weight excluding hydrogens is 498 g/mol. The van der Waals surface area contributed by atoms with Crippen molar-refractivity contribution in [2.45, 2.75) is 31.2 Å². The molecule has 0 aliphatic carbocycles. The molecule has 0 unspecified atom stereocenters. The Labute approximate surface area is 214 Å². The summed E-state index contributed by atoms with van der Waals surface area (Å²) in [6.07, 6.45) is 0. The van der Waals surface area contributed by atoms with Crippen LogP contribution in [0.25, 0.3) is 10.8 Å². The van der Waals surface area contributed by atoms with Gasteiger partial charge in [0, 0.05) is 26.2 Å². The fourth-order valence-corrected chi connectivity index (χ4v) is 6.78. The van der Waals surface area contributed by atoms with Gasteiger partial charge in [-0.2, -0.15) is 4.31 Å². The van der Waals surface area contributed by atoms with Gasteiger partial charge in [-0.15, -0.1) is 0 Å². The van der Waals surface area contributed by atoms with Gasteiger partial charge in [-0.25, -0.2) is 13.2 Å². The highest BCUT2D eigenvalue weighted by Crippen LogP contribution is 2.34. The number of fused-ring (bicyclic) bond motifs is 1. The molecule has 1 atom stereocenters. The van der Waals surface area contributed by atoms with Crippen LogP contribution in [0.3, 0.4) is 0 Å². The maximum Gasteiger partial charge on any atom is 0.325 e. The van der Waals surface area contributed by atoms with E-state index in [1.165, 1.54) is 16.1 Å². The lowest BCUT2D eigenvalue weighted by Crippen LogP contribution is -2.53. The molecule has 2 aromatic carbocycles. The second kappa shape index (κ2) is 8.96. The molecule has 2 aliphatic rings. The number of aromatic nitrogens is 1. The van der Waals surface area contributed by atoms with Crippen molar-refractivity contribution in [2.24, 2.45) is 0 Å². The van der Waals surface area contributed by atoms with Crippen molar-refractivity contribution in [2.75, 3.05) is 32.7 Å². The fraction of sp³-hybridized carbons (Fsp3) is 0.360. The standard InChI is InChI=1S/C25H27N5O6S/c1-16-22(17(2)36-27-16)37(34,35)29-13-11-28(12-14-29)21(31)15-30-23(32)25(3,26-24(30)33)20-10-6-8-18-7-4-5-9-19(18)20/h4-10H,11-15H2,1-3H3,(H,26,33)/t25-/m0/s1. The van der Waals surface area contributed by atoms with Gasteiger partial charge >= 0.3 is 6.03 Å². The molecule has 1 N–H and O–H groups in total. The summed E-state index contributed by atoms with van der Waals surface area (Å²) in [6, 6.07) is 12.5. The SMILES string of the molecule is Cc1noc(C)c1S(=O)(=O)N1CCN(C(=O)CN2C(=O)N[C@@](C)(c3cccc4ccccc34)C2=O)CC1. The molecule has 3 heterocycles. The zero-order valence-corrected chi connectivity index (χ0v) is 21.5. The average molecular weight is 526 g/mol. The highest BCUT2D eigenvalue weighted by atomic mass is 32.2. The molecule has 0 saturated carbocycles. The maximum absolute atomic E-state index is 13.4. The van der Waals surface area contributed by atoms with Crippen molar-refractivity contribution < 1.29 is 27.3 Å². The molecule has 0 spiro atoms. The van der Waals surface area contributed by atoms with Gasteiger partial charge in [0.2, 0.25) is 15.9 Å². The number of carbonyl (C=O) groups is 3. The Bertz CT molecular complexity index is 1500. The summed E-state index contributed by atoms with van der Waals surface area (Å²) in [5, 5.41) is 8.26. The van der Waals surface area contributed by atoms with Crippen LogP contribution < -0.4 is 5.32 Å². The van der Waals surface area contributed by atoms with Crippen LogP contribution in [0, 0.1) is 13.8 Å². The van der Waals surface area contributed by atoms with Crippen molar-refractivity contribution in [3.63, 3.8) is 0 Å². The van der Waals surface area contributed by atoms with Gasteiger partial charge in [0.15, 0.2) is 5.76 Å². The molecule has 0 radical (unpaired) electrons. The van der Waals surface area contributed by atoms with Crippen molar-refractivity contribution in [1.29, 1.82) is 0 Å². The Balaban J connectivity index is 1.28. The molecule has 2 aliphatic heterocycles.